The van der Waals surface area contributed by atoms with Crippen molar-refractivity contribution in [1.82, 2.24) is 15.2 Å². The summed E-state index contributed by atoms with van der Waals surface area (Å²) in [7, 11) is 1.69. The van der Waals surface area contributed by atoms with Crippen LogP contribution in [0, 0.1) is 13.8 Å². The van der Waals surface area contributed by atoms with Gasteiger partial charge in [-0.2, -0.15) is 0 Å². The molecule has 6 rings (SSSR count). The van der Waals surface area contributed by atoms with Gasteiger partial charge < -0.3 is 24.4 Å². The fourth-order valence-corrected chi connectivity index (χ4v) is 7.55. The molecule has 1 saturated carbocycles. The lowest BCUT2D eigenvalue weighted by Gasteiger charge is -2.32. The number of fused-ring (bicyclic) bond motifs is 2. The molecular weight excluding hydrogens is 593 g/mol. The number of carbonyl (C=O) groups excluding carboxylic acids is 1. The van der Waals surface area contributed by atoms with Crippen molar-refractivity contribution in [1.29, 1.82) is 0 Å². The Morgan fingerprint density at radius 3 is 2.60 bits per heavy atom. The van der Waals surface area contributed by atoms with E-state index in [2.05, 4.69) is 28.2 Å². The Labute approximate surface area is 260 Å². The smallest absolute Gasteiger partial charge is 0.273 e. The van der Waals surface area contributed by atoms with Crippen LogP contribution in [-0.4, -0.2) is 54.2 Å². The summed E-state index contributed by atoms with van der Waals surface area (Å²) in [6.45, 7) is 5.13. The molecule has 1 aliphatic carbocycles. The van der Waals surface area contributed by atoms with Gasteiger partial charge in [-0.1, -0.05) is 46.7 Å². The van der Waals surface area contributed by atoms with Gasteiger partial charge in [0.2, 0.25) is 0 Å². The van der Waals surface area contributed by atoms with Crippen molar-refractivity contribution in [3.8, 4) is 16.7 Å². The molecule has 0 spiro atoms. The van der Waals surface area contributed by atoms with Crippen LogP contribution in [0.25, 0.3) is 5.57 Å². The van der Waals surface area contributed by atoms with E-state index in [1.54, 1.807) is 7.11 Å². The number of thiazole rings is 1. The van der Waals surface area contributed by atoms with E-state index < -0.39 is 0 Å². The van der Waals surface area contributed by atoms with E-state index in [4.69, 9.17) is 37.4 Å². The number of aryl methyl sites for hydroxylation is 1. The molecule has 2 unspecified atom stereocenters. The first-order valence-electron chi connectivity index (χ1n) is 14.4. The quantitative estimate of drug-likeness (QED) is 0.231. The third-order valence-corrected chi connectivity index (χ3v) is 9.81. The molecule has 0 radical (unpaired) electrons. The number of hydrogen-bond donors (Lipinski definition) is 1. The van der Waals surface area contributed by atoms with Crippen LogP contribution in [0.3, 0.4) is 0 Å². The van der Waals surface area contributed by atoms with Crippen LogP contribution in [0.2, 0.25) is 10.0 Å². The first kappa shape index (κ1) is 29.3. The molecule has 222 valence electrons. The van der Waals surface area contributed by atoms with E-state index in [1.807, 2.05) is 37.4 Å². The van der Waals surface area contributed by atoms with Gasteiger partial charge in [-0.3, -0.25) is 4.79 Å². The number of nitrogens with zero attached hydrogens (tertiary/aromatic N) is 2. The maximum atomic E-state index is 14.4. The van der Waals surface area contributed by atoms with Gasteiger partial charge in [-0.15, -0.1) is 0 Å². The number of aromatic nitrogens is 1. The molecule has 1 aromatic heterocycles. The fourth-order valence-electron chi connectivity index (χ4n) is 5.99. The maximum Gasteiger partial charge on any atom is 0.273 e. The summed E-state index contributed by atoms with van der Waals surface area (Å²) in [4.78, 5) is 22.0. The number of methoxy groups -OCH3 is 1. The average Bonchev–Trinajstić information content (AvgIpc) is 3.58. The van der Waals surface area contributed by atoms with Crippen molar-refractivity contribution in [2.75, 3.05) is 20.3 Å². The van der Waals surface area contributed by atoms with Gasteiger partial charge in [0, 0.05) is 36.4 Å². The molecule has 1 N–H and O–H groups in total. The molecule has 3 heterocycles. The zero-order valence-corrected chi connectivity index (χ0v) is 26.4. The molecule has 2 aromatic carbocycles. The van der Waals surface area contributed by atoms with Crippen molar-refractivity contribution in [2.24, 2.45) is 0 Å². The zero-order valence-electron chi connectivity index (χ0n) is 24.0. The van der Waals surface area contributed by atoms with Gasteiger partial charge in [-0.05, 0) is 86.4 Å². The highest BCUT2D eigenvalue weighted by Crippen LogP contribution is 2.42. The van der Waals surface area contributed by atoms with Crippen LogP contribution >= 0.6 is 34.5 Å². The summed E-state index contributed by atoms with van der Waals surface area (Å²) in [5, 5.41) is 5.19. The lowest BCUT2D eigenvalue weighted by molar-refractivity contribution is -0.128. The van der Waals surface area contributed by atoms with Crippen LogP contribution in [0.4, 0.5) is 0 Å². The first-order valence-corrected chi connectivity index (χ1v) is 16.0. The third-order valence-electron chi connectivity index (χ3n) is 8.28. The van der Waals surface area contributed by atoms with Crippen LogP contribution in [0.1, 0.15) is 53.7 Å². The second kappa shape index (κ2) is 12.4. The first-order chi connectivity index (χ1) is 20.3. The van der Waals surface area contributed by atoms with E-state index in [0.717, 1.165) is 70.6 Å². The molecule has 3 aromatic rings. The molecule has 2 fully saturated rings. The summed E-state index contributed by atoms with van der Waals surface area (Å²) in [5.41, 5.74) is 5.15. The van der Waals surface area contributed by atoms with E-state index >= 15 is 0 Å². The van der Waals surface area contributed by atoms with Crippen LogP contribution in [-0.2, 0) is 11.3 Å². The number of amides is 1. The van der Waals surface area contributed by atoms with Gasteiger partial charge in [0.05, 0.1) is 22.0 Å². The van der Waals surface area contributed by atoms with Gasteiger partial charge in [-0.25, -0.2) is 4.98 Å². The van der Waals surface area contributed by atoms with Crippen molar-refractivity contribution in [2.45, 2.75) is 70.6 Å². The highest BCUT2D eigenvalue weighted by Gasteiger charge is 2.42. The highest BCUT2D eigenvalue weighted by atomic mass is 35.5. The van der Waals surface area contributed by atoms with Crippen molar-refractivity contribution in [3.05, 3.63) is 73.7 Å². The normalized spacial score (nSPS) is 19.6. The lowest BCUT2D eigenvalue weighted by Crippen LogP contribution is -2.44. The number of carbonyl (C=O) groups is 1. The Kier molecular flexibility index (Phi) is 8.68. The minimum atomic E-state index is 0.0581. The molecular formula is C32H35Cl2N3O4S. The second-order valence-electron chi connectivity index (χ2n) is 11.2. The monoisotopic (exact) mass is 627 g/mol. The van der Waals surface area contributed by atoms with Crippen LogP contribution in [0.15, 0.2) is 42.1 Å². The maximum absolute atomic E-state index is 14.4. The van der Waals surface area contributed by atoms with Crippen molar-refractivity contribution >= 4 is 46.0 Å². The fraction of sp³-hybridized carbons (Fsp3) is 0.438. The number of benzene rings is 2. The molecule has 2 atom stereocenters. The highest BCUT2D eigenvalue weighted by molar-refractivity contribution is 7.14. The predicted octanol–water partition coefficient (Wildman–Crippen LogP) is 7.00. The predicted molar refractivity (Wildman–Crippen MR) is 167 cm³/mol. The minimum Gasteiger partial charge on any atom is -0.496 e. The summed E-state index contributed by atoms with van der Waals surface area (Å²) < 4.78 is 17.3. The lowest BCUT2D eigenvalue weighted by atomic mass is 9.92. The van der Waals surface area contributed by atoms with E-state index in [1.165, 1.54) is 11.3 Å². The summed E-state index contributed by atoms with van der Waals surface area (Å²) in [6, 6.07) is 10.4. The number of rotatable bonds is 11. The molecule has 3 aliphatic rings. The van der Waals surface area contributed by atoms with Gasteiger partial charge in [0.25, 0.3) is 11.1 Å². The molecule has 2 aliphatic heterocycles. The van der Waals surface area contributed by atoms with Crippen LogP contribution in [0.5, 0.6) is 16.7 Å². The van der Waals surface area contributed by atoms with E-state index in [0.29, 0.717) is 40.2 Å². The standard InChI is InChI=1S/C32H35Cl2N3O4S/c1-18-13-24(33)30(25(34)14-18)40-11-12-41-32-35-16-28(42-32)23-15-21-7-10-26(36-21)29(23)31(38)37(22-8-9-22)17-20-5-4-6-27(39-3)19(20)2/h4-6,13-14,16,21-22,26,36H,7-12,15,17H2,1-3H3. The molecule has 42 heavy (non-hydrogen) atoms. The molecule has 10 heteroatoms. The number of halogens is 2. The summed E-state index contributed by atoms with van der Waals surface area (Å²) in [6.07, 6.45) is 6.76. The van der Waals surface area contributed by atoms with E-state index in [9.17, 15) is 4.79 Å². The van der Waals surface area contributed by atoms with E-state index in [-0.39, 0.29) is 24.6 Å². The summed E-state index contributed by atoms with van der Waals surface area (Å²) in [5.74, 6) is 1.43. The Bertz CT molecular complexity index is 1500. The number of ether oxygens (including phenoxy) is 3. The van der Waals surface area contributed by atoms with Gasteiger partial charge in [0.1, 0.15) is 19.0 Å². The molecule has 7 nitrogen and oxygen atoms in total. The van der Waals surface area contributed by atoms with Gasteiger partial charge >= 0.3 is 0 Å². The Balaban J connectivity index is 1.19. The Morgan fingerprint density at radius 1 is 1.10 bits per heavy atom. The largest absolute Gasteiger partial charge is 0.496 e. The number of nitrogens with one attached hydrogen (secondary N) is 1. The third kappa shape index (κ3) is 6.13. The average molecular weight is 629 g/mol. The second-order valence-corrected chi connectivity index (χ2v) is 13.1. The molecule has 1 saturated heterocycles. The Morgan fingerprint density at radius 2 is 1.86 bits per heavy atom. The molecule has 2 bridgehead atoms. The topological polar surface area (TPSA) is 72.9 Å². The van der Waals surface area contributed by atoms with Crippen molar-refractivity contribution in [3.63, 3.8) is 0 Å². The Hall–Kier alpha value is -2.78. The zero-order chi connectivity index (χ0) is 29.4. The van der Waals surface area contributed by atoms with Crippen LogP contribution < -0.4 is 19.5 Å². The number of hydrogen-bond acceptors (Lipinski definition) is 7. The minimum absolute atomic E-state index is 0.0581. The van der Waals surface area contributed by atoms with Gasteiger partial charge in [0.15, 0.2) is 5.75 Å². The SMILES string of the molecule is COc1cccc(CN(C(=O)C2=C(c3cnc(OCCOc4c(Cl)cc(C)cc4Cl)s3)CC3CCC2N3)C2CC2)c1C. The summed E-state index contributed by atoms with van der Waals surface area (Å²) >= 11 is 14.1. The van der Waals surface area contributed by atoms with Crippen molar-refractivity contribution < 1.29 is 19.0 Å². The molecule has 1 amide bonds.